The number of nitrogens with one attached hydrogen (secondary N) is 3. The van der Waals surface area contributed by atoms with Gasteiger partial charge in [-0.05, 0) is 91.9 Å². The minimum absolute atomic E-state index is 0.164. The lowest BCUT2D eigenvalue weighted by atomic mass is 10.1. The number of ether oxygens (including phenoxy) is 1. The summed E-state index contributed by atoms with van der Waals surface area (Å²) in [6.07, 6.45) is 1.38. The molecule has 8 heteroatoms. The first-order valence-electron chi connectivity index (χ1n) is 11.0. The van der Waals surface area contributed by atoms with E-state index in [4.69, 9.17) is 4.74 Å². The molecule has 3 aromatic rings. The van der Waals surface area contributed by atoms with E-state index in [-0.39, 0.29) is 12.5 Å². The highest BCUT2D eigenvalue weighted by Gasteiger charge is 2.13. The van der Waals surface area contributed by atoms with E-state index in [2.05, 4.69) is 21.2 Å². The van der Waals surface area contributed by atoms with Crippen molar-refractivity contribution in [1.82, 2.24) is 5.43 Å². The van der Waals surface area contributed by atoms with E-state index in [1.807, 2.05) is 52.0 Å². The largest absolute Gasteiger partial charge is 0.484 e. The second kappa shape index (κ2) is 11.6. The minimum Gasteiger partial charge on any atom is -0.484 e. The molecule has 180 valence electrons. The topological polar surface area (TPSA) is 109 Å². The molecule has 0 aliphatic heterocycles. The van der Waals surface area contributed by atoms with Crippen LogP contribution in [0.25, 0.3) is 0 Å². The molecule has 0 atom stereocenters. The molecule has 35 heavy (non-hydrogen) atoms. The lowest BCUT2D eigenvalue weighted by molar-refractivity contribution is -0.136. The second-order valence-corrected chi connectivity index (χ2v) is 8.24. The average molecular weight is 473 g/mol. The highest BCUT2D eigenvalue weighted by molar-refractivity contribution is 6.39. The molecule has 0 spiro atoms. The van der Waals surface area contributed by atoms with E-state index < -0.39 is 11.8 Å². The first kappa shape index (κ1) is 25.2. The Morgan fingerprint density at radius 2 is 1.54 bits per heavy atom. The number of hydrazone groups is 1. The van der Waals surface area contributed by atoms with Crippen molar-refractivity contribution in [3.8, 4) is 5.75 Å². The van der Waals surface area contributed by atoms with Crippen LogP contribution in [0.1, 0.15) is 27.8 Å². The van der Waals surface area contributed by atoms with Crippen molar-refractivity contribution in [3.63, 3.8) is 0 Å². The summed E-state index contributed by atoms with van der Waals surface area (Å²) >= 11 is 0. The zero-order valence-electron chi connectivity index (χ0n) is 20.1. The highest BCUT2D eigenvalue weighted by Crippen LogP contribution is 2.16. The summed E-state index contributed by atoms with van der Waals surface area (Å²) in [5.41, 5.74) is 8.27. The van der Waals surface area contributed by atoms with Crippen LogP contribution in [-0.2, 0) is 14.4 Å². The number of benzene rings is 3. The predicted octanol–water partition coefficient (Wildman–Crippen LogP) is 4.03. The van der Waals surface area contributed by atoms with Crippen LogP contribution >= 0.6 is 0 Å². The fourth-order valence-corrected chi connectivity index (χ4v) is 3.30. The number of aryl methyl sites for hydroxylation is 4. The molecular weight excluding hydrogens is 444 g/mol. The van der Waals surface area contributed by atoms with Gasteiger partial charge in [-0.15, -0.1) is 0 Å². The Morgan fingerprint density at radius 3 is 2.26 bits per heavy atom. The molecular formula is C27H28N4O4. The van der Waals surface area contributed by atoms with Crippen LogP contribution in [0, 0.1) is 27.7 Å². The molecule has 0 bridgehead atoms. The SMILES string of the molecule is Cc1cc(C)cc(NC(=O)COc2cccc(/C=N\NC(=O)C(=O)Nc3ccc(C)c(C)c3)c2)c1. The number of carbonyl (C=O) groups excluding carboxylic acids is 3. The molecule has 0 aliphatic rings. The monoisotopic (exact) mass is 472 g/mol. The summed E-state index contributed by atoms with van der Waals surface area (Å²) in [6, 6.07) is 18.0. The number of anilines is 2. The van der Waals surface area contributed by atoms with E-state index >= 15 is 0 Å². The number of amides is 3. The summed E-state index contributed by atoms with van der Waals surface area (Å²) in [7, 11) is 0. The lowest BCUT2D eigenvalue weighted by Gasteiger charge is -2.09. The van der Waals surface area contributed by atoms with E-state index in [1.165, 1.54) is 6.21 Å². The summed E-state index contributed by atoms with van der Waals surface area (Å²) in [6.45, 7) is 7.65. The van der Waals surface area contributed by atoms with Gasteiger partial charge in [-0.3, -0.25) is 14.4 Å². The van der Waals surface area contributed by atoms with E-state index in [9.17, 15) is 14.4 Å². The van der Waals surface area contributed by atoms with Crippen LogP contribution in [0.5, 0.6) is 5.75 Å². The van der Waals surface area contributed by atoms with Crippen molar-refractivity contribution in [2.75, 3.05) is 17.2 Å². The fraction of sp³-hybridized carbons (Fsp3) is 0.185. The second-order valence-electron chi connectivity index (χ2n) is 8.24. The molecule has 3 rings (SSSR count). The van der Waals surface area contributed by atoms with Gasteiger partial charge >= 0.3 is 11.8 Å². The summed E-state index contributed by atoms with van der Waals surface area (Å²) in [4.78, 5) is 36.3. The first-order valence-corrected chi connectivity index (χ1v) is 11.0. The van der Waals surface area contributed by atoms with Crippen molar-refractivity contribution >= 4 is 35.3 Å². The van der Waals surface area contributed by atoms with Gasteiger partial charge in [0.1, 0.15) is 5.75 Å². The van der Waals surface area contributed by atoms with Crippen LogP contribution in [0.3, 0.4) is 0 Å². The third-order valence-electron chi connectivity index (χ3n) is 5.08. The molecule has 0 saturated heterocycles. The Kier molecular flexibility index (Phi) is 8.34. The third-order valence-corrected chi connectivity index (χ3v) is 5.08. The van der Waals surface area contributed by atoms with Crippen molar-refractivity contribution < 1.29 is 19.1 Å². The zero-order valence-corrected chi connectivity index (χ0v) is 20.1. The molecule has 0 saturated carbocycles. The van der Waals surface area contributed by atoms with Gasteiger partial charge < -0.3 is 15.4 Å². The predicted molar refractivity (Wildman–Crippen MR) is 137 cm³/mol. The van der Waals surface area contributed by atoms with Gasteiger partial charge in [-0.25, -0.2) is 5.43 Å². The van der Waals surface area contributed by atoms with Crippen molar-refractivity contribution in [1.29, 1.82) is 0 Å². The maximum Gasteiger partial charge on any atom is 0.329 e. The Bertz CT molecular complexity index is 1260. The van der Waals surface area contributed by atoms with E-state index in [0.29, 0.717) is 22.7 Å². The number of rotatable bonds is 7. The van der Waals surface area contributed by atoms with E-state index in [1.54, 1.807) is 36.4 Å². The number of carbonyl (C=O) groups is 3. The van der Waals surface area contributed by atoms with Crippen LogP contribution < -0.4 is 20.8 Å². The normalized spacial score (nSPS) is 10.6. The molecule has 0 unspecified atom stereocenters. The Balaban J connectivity index is 1.49. The van der Waals surface area contributed by atoms with Crippen LogP contribution in [0.2, 0.25) is 0 Å². The van der Waals surface area contributed by atoms with Crippen LogP contribution in [0.15, 0.2) is 65.8 Å². The Labute approximate surface area is 204 Å². The number of hydrogen-bond acceptors (Lipinski definition) is 5. The van der Waals surface area contributed by atoms with Crippen molar-refractivity contribution in [2.24, 2.45) is 5.10 Å². The van der Waals surface area contributed by atoms with Crippen LogP contribution in [-0.4, -0.2) is 30.5 Å². The molecule has 0 radical (unpaired) electrons. The first-order chi connectivity index (χ1) is 16.7. The smallest absolute Gasteiger partial charge is 0.329 e. The lowest BCUT2D eigenvalue weighted by Crippen LogP contribution is -2.32. The molecule has 0 aromatic heterocycles. The maximum absolute atomic E-state index is 12.2. The third kappa shape index (κ3) is 7.82. The maximum atomic E-state index is 12.2. The van der Waals surface area contributed by atoms with Gasteiger partial charge in [0.2, 0.25) is 0 Å². The minimum atomic E-state index is -0.894. The van der Waals surface area contributed by atoms with Gasteiger partial charge in [-0.2, -0.15) is 5.10 Å². The molecule has 0 aliphatic carbocycles. The van der Waals surface area contributed by atoms with Crippen molar-refractivity contribution in [3.05, 3.63) is 88.5 Å². The molecule has 0 heterocycles. The van der Waals surface area contributed by atoms with Gasteiger partial charge in [0.05, 0.1) is 6.21 Å². The number of hydrogen-bond donors (Lipinski definition) is 3. The molecule has 3 aromatic carbocycles. The van der Waals surface area contributed by atoms with Gasteiger partial charge in [-0.1, -0.05) is 24.3 Å². The number of nitrogens with zero attached hydrogens (tertiary/aromatic N) is 1. The average Bonchev–Trinajstić information content (AvgIpc) is 2.79. The summed E-state index contributed by atoms with van der Waals surface area (Å²) in [5, 5.41) is 9.17. The molecule has 3 amide bonds. The van der Waals surface area contributed by atoms with Crippen LogP contribution in [0.4, 0.5) is 11.4 Å². The van der Waals surface area contributed by atoms with E-state index in [0.717, 1.165) is 22.3 Å². The summed E-state index contributed by atoms with van der Waals surface area (Å²) in [5.74, 6) is -1.54. The molecule has 0 fully saturated rings. The van der Waals surface area contributed by atoms with Gasteiger partial charge in [0.15, 0.2) is 6.61 Å². The Hall–Kier alpha value is -4.46. The van der Waals surface area contributed by atoms with Crippen molar-refractivity contribution in [2.45, 2.75) is 27.7 Å². The van der Waals surface area contributed by atoms with Gasteiger partial charge in [0, 0.05) is 11.4 Å². The highest BCUT2D eigenvalue weighted by atomic mass is 16.5. The molecule has 8 nitrogen and oxygen atoms in total. The molecule has 3 N–H and O–H groups in total. The summed E-state index contributed by atoms with van der Waals surface area (Å²) < 4.78 is 5.57. The standard InChI is InChI=1S/C27H28N4O4/c1-17-10-18(2)12-23(11-17)29-25(32)16-35-24-7-5-6-21(14-24)15-28-31-27(34)26(33)30-22-9-8-19(3)20(4)13-22/h5-15H,16H2,1-4H3,(H,29,32)(H,30,33)(H,31,34)/b28-15-. The Morgan fingerprint density at radius 1 is 0.800 bits per heavy atom. The quantitative estimate of drug-likeness (QED) is 0.274. The fourth-order valence-electron chi connectivity index (χ4n) is 3.30. The zero-order chi connectivity index (χ0) is 25.4. The van der Waals surface area contributed by atoms with Gasteiger partial charge in [0.25, 0.3) is 5.91 Å².